The zero-order chi connectivity index (χ0) is 24.2. The number of carbonyl (C=O) groups is 1. The van der Waals surface area contributed by atoms with Crippen LogP contribution >= 0.6 is 0 Å². The molecule has 0 unspecified atom stereocenters. The van der Waals surface area contributed by atoms with E-state index < -0.39 is 0 Å². The Morgan fingerprint density at radius 3 is 2.44 bits per heavy atom. The minimum absolute atomic E-state index is 0.120. The fourth-order valence-electron chi connectivity index (χ4n) is 3.61. The first-order valence-electron chi connectivity index (χ1n) is 11.2. The molecule has 9 heteroatoms. The van der Waals surface area contributed by atoms with E-state index in [1.165, 1.54) is 11.9 Å². The summed E-state index contributed by atoms with van der Waals surface area (Å²) in [6.07, 6.45) is 1.48. The summed E-state index contributed by atoms with van der Waals surface area (Å²) in [6.45, 7) is 8.00. The number of benzene rings is 2. The maximum Gasteiger partial charge on any atom is 0.251 e. The first kappa shape index (κ1) is 23.0. The first-order chi connectivity index (χ1) is 16.4. The highest BCUT2D eigenvalue weighted by molar-refractivity contribution is 5.96. The maximum absolute atomic E-state index is 13.3. The number of aryl methyl sites for hydroxylation is 1. The molecule has 0 aliphatic rings. The number of hydrogen-bond acceptors (Lipinski definition) is 7. The lowest BCUT2D eigenvalue weighted by molar-refractivity contribution is 0.0939. The van der Waals surface area contributed by atoms with Crippen LogP contribution in [0.25, 0.3) is 16.8 Å². The van der Waals surface area contributed by atoms with Gasteiger partial charge in [0, 0.05) is 24.6 Å². The van der Waals surface area contributed by atoms with Crippen LogP contribution < -0.4 is 10.6 Å². The van der Waals surface area contributed by atoms with Gasteiger partial charge in [0.05, 0.1) is 17.4 Å². The number of tetrazole rings is 1. The standard InChI is InChI=1S/C25H28N8O/c1-15(2)24-30-31-32-33(24)21-11-19(18-8-6-16(3)7-9-18)10-20(12-21)25(34)29-17(4)22-13-23(26-5)28-14-27-22/h6-15,17H,1-5H3,(H,29,34)(H,26,27,28)/t17-/m0/s1. The molecule has 0 bridgehead atoms. The Balaban J connectivity index is 1.73. The lowest BCUT2D eigenvalue weighted by Crippen LogP contribution is -2.27. The number of anilines is 1. The molecule has 2 aromatic carbocycles. The van der Waals surface area contributed by atoms with Gasteiger partial charge >= 0.3 is 0 Å². The minimum atomic E-state index is -0.312. The topological polar surface area (TPSA) is 111 Å². The fourth-order valence-corrected chi connectivity index (χ4v) is 3.61. The van der Waals surface area contributed by atoms with Crippen LogP contribution in [0.1, 0.15) is 60.2 Å². The van der Waals surface area contributed by atoms with Crippen LogP contribution in [0.4, 0.5) is 5.82 Å². The normalized spacial score (nSPS) is 11.9. The molecule has 0 aliphatic carbocycles. The van der Waals surface area contributed by atoms with Gasteiger partial charge in [-0.1, -0.05) is 43.7 Å². The van der Waals surface area contributed by atoms with Crippen LogP contribution in [-0.4, -0.2) is 43.1 Å². The molecule has 2 aromatic heterocycles. The van der Waals surface area contributed by atoms with Crippen molar-refractivity contribution in [2.75, 3.05) is 12.4 Å². The second-order valence-electron chi connectivity index (χ2n) is 8.51. The summed E-state index contributed by atoms with van der Waals surface area (Å²) in [7, 11) is 1.79. The number of amides is 1. The molecule has 9 nitrogen and oxygen atoms in total. The van der Waals surface area contributed by atoms with Crippen LogP contribution in [0.5, 0.6) is 0 Å². The lowest BCUT2D eigenvalue weighted by Gasteiger charge is -2.16. The number of aromatic nitrogens is 6. The van der Waals surface area contributed by atoms with E-state index in [0.29, 0.717) is 17.1 Å². The third-order valence-corrected chi connectivity index (χ3v) is 5.56. The van der Waals surface area contributed by atoms with Gasteiger partial charge < -0.3 is 10.6 Å². The van der Waals surface area contributed by atoms with E-state index in [4.69, 9.17) is 0 Å². The number of rotatable bonds is 7. The second-order valence-corrected chi connectivity index (χ2v) is 8.51. The smallest absolute Gasteiger partial charge is 0.251 e. The van der Waals surface area contributed by atoms with Crippen molar-refractivity contribution in [2.45, 2.75) is 39.7 Å². The van der Waals surface area contributed by atoms with Crippen LogP contribution in [-0.2, 0) is 0 Å². The minimum Gasteiger partial charge on any atom is -0.373 e. The molecular weight excluding hydrogens is 428 g/mol. The summed E-state index contributed by atoms with van der Waals surface area (Å²) in [5, 5.41) is 18.2. The molecule has 0 aliphatic heterocycles. The van der Waals surface area contributed by atoms with Gasteiger partial charge in [-0.25, -0.2) is 9.97 Å². The summed E-state index contributed by atoms with van der Waals surface area (Å²) in [5.41, 5.74) is 5.02. The first-order valence-corrected chi connectivity index (χ1v) is 11.2. The molecule has 2 heterocycles. The zero-order valence-corrected chi connectivity index (χ0v) is 19.9. The predicted molar refractivity (Wildman–Crippen MR) is 131 cm³/mol. The van der Waals surface area contributed by atoms with Crippen LogP contribution in [0.3, 0.4) is 0 Å². The van der Waals surface area contributed by atoms with Gasteiger partial charge in [-0.15, -0.1) is 5.10 Å². The van der Waals surface area contributed by atoms with Gasteiger partial charge in [-0.2, -0.15) is 4.68 Å². The highest BCUT2D eigenvalue weighted by atomic mass is 16.1. The fraction of sp³-hybridized carbons (Fsp3) is 0.280. The molecule has 0 saturated heterocycles. The molecule has 4 aromatic rings. The van der Waals surface area contributed by atoms with Gasteiger partial charge in [0.1, 0.15) is 12.1 Å². The Hall–Kier alpha value is -4.14. The van der Waals surface area contributed by atoms with Crippen molar-refractivity contribution in [3.8, 4) is 16.8 Å². The molecule has 0 radical (unpaired) electrons. The molecule has 0 fully saturated rings. The van der Waals surface area contributed by atoms with Crippen molar-refractivity contribution in [2.24, 2.45) is 0 Å². The van der Waals surface area contributed by atoms with E-state index in [1.807, 2.05) is 58.0 Å². The van der Waals surface area contributed by atoms with Crippen molar-refractivity contribution >= 4 is 11.7 Å². The van der Waals surface area contributed by atoms with Crippen molar-refractivity contribution in [3.63, 3.8) is 0 Å². The molecule has 0 spiro atoms. The third kappa shape index (κ3) is 4.93. The largest absolute Gasteiger partial charge is 0.373 e. The summed E-state index contributed by atoms with van der Waals surface area (Å²) in [6, 6.07) is 15.4. The monoisotopic (exact) mass is 456 g/mol. The maximum atomic E-state index is 13.3. The van der Waals surface area contributed by atoms with E-state index in [-0.39, 0.29) is 17.9 Å². The van der Waals surface area contributed by atoms with Crippen LogP contribution in [0, 0.1) is 6.92 Å². The van der Waals surface area contributed by atoms with Gasteiger partial charge in [-0.3, -0.25) is 4.79 Å². The summed E-state index contributed by atoms with van der Waals surface area (Å²) >= 11 is 0. The summed E-state index contributed by atoms with van der Waals surface area (Å²) in [4.78, 5) is 21.8. The molecule has 1 atom stereocenters. The third-order valence-electron chi connectivity index (χ3n) is 5.56. The highest BCUT2D eigenvalue weighted by Gasteiger charge is 2.18. The van der Waals surface area contributed by atoms with Gasteiger partial charge in [-0.05, 0) is 53.6 Å². The predicted octanol–water partition coefficient (Wildman–Crippen LogP) is 4.08. The average molecular weight is 457 g/mol. The van der Waals surface area contributed by atoms with E-state index in [1.54, 1.807) is 17.8 Å². The zero-order valence-electron chi connectivity index (χ0n) is 19.9. The lowest BCUT2D eigenvalue weighted by atomic mass is 10.00. The summed E-state index contributed by atoms with van der Waals surface area (Å²) in [5.74, 6) is 1.32. The molecule has 4 rings (SSSR count). The van der Waals surface area contributed by atoms with Crippen molar-refractivity contribution < 1.29 is 4.79 Å². The van der Waals surface area contributed by atoms with E-state index in [2.05, 4.69) is 48.3 Å². The van der Waals surface area contributed by atoms with Crippen molar-refractivity contribution in [1.82, 2.24) is 35.5 Å². The highest BCUT2D eigenvalue weighted by Crippen LogP contribution is 2.26. The van der Waals surface area contributed by atoms with Crippen molar-refractivity contribution in [1.29, 1.82) is 0 Å². The van der Waals surface area contributed by atoms with Crippen LogP contribution in [0.15, 0.2) is 54.9 Å². The molecule has 1 amide bonds. The number of nitrogens with one attached hydrogen (secondary N) is 2. The van der Waals surface area contributed by atoms with Gasteiger partial charge in [0.25, 0.3) is 5.91 Å². The number of nitrogens with zero attached hydrogens (tertiary/aromatic N) is 6. The molecular formula is C25H28N8O. The van der Waals surface area contributed by atoms with E-state index in [0.717, 1.165) is 22.6 Å². The molecule has 174 valence electrons. The molecule has 0 saturated carbocycles. The Kier molecular flexibility index (Phi) is 6.62. The van der Waals surface area contributed by atoms with Crippen molar-refractivity contribution in [3.05, 3.63) is 77.5 Å². The number of hydrogen-bond donors (Lipinski definition) is 2. The Labute approximate surface area is 198 Å². The quantitative estimate of drug-likeness (QED) is 0.431. The van der Waals surface area contributed by atoms with Gasteiger partial charge in [0.2, 0.25) is 0 Å². The average Bonchev–Trinajstić information content (AvgIpc) is 3.35. The SMILES string of the molecule is CNc1cc([C@H](C)NC(=O)c2cc(-c3ccc(C)cc3)cc(-n3nnnc3C(C)C)c2)ncn1. The van der Waals surface area contributed by atoms with Gasteiger partial charge in [0.15, 0.2) is 5.82 Å². The Bertz CT molecular complexity index is 1300. The molecule has 34 heavy (non-hydrogen) atoms. The van der Waals surface area contributed by atoms with E-state index >= 15 is 0 Å². The van der Waals surface area contributed by atoms with E-state index in [9.17, 15) is 4.79 Å². The Morgan fingerprint density at radius 1 is 0.971 bits per heavy atom. The second kappa shape index (κ2) is 9.78. The van der Waals surface area contributed by atoms with Crippen LogP contribution in [0.2, 0.25) is 0 Å². The Morgan fingerprint density at radius 2 is 1.74 bits per heavy atom. The summed E-state index contributed by atoms with van der Waals surface area (Å²) < 4.78 is 1.69. The number of carbonyl (C=O) groups excluding carboxylic acids is 1. The molecule has 2 N–H and O–H groups in total.